The Bertz CT molecular complexity index is 489. The van der Waals surface area contributed by atoms with Crippen LogP contribution in [0.5, 0.6) is 0 Å². The second kappa shape index (κ2) is 4.32. The number of hydrogen-bond acceptors (Lipinski definition) is 1. The van der Waals surface area contributed by atoms with Crippen molar-refractivity contribution in [3.63, 3.8) is 0 Å². The molecule has 2 nitrogen and oxygen atoms in total. The van der Waals surface area contributed by atoms with Crippen LogP contribution in [-0.4, -0.2) is 19.8 Å². The van der Waals surface area contributed by atoms with Gasteiger partial charge in [-0.15, -0.1) is 0 Å². The minimum atomic E-state index is -0.996. The molecule has 2 rings (SSSR count). The SMILES string of the molecule is C=C(C)[C@]1(c2ccccc2)CN1[S@](=O)C(C)(C)C. The lowest BCUT2D eigenvalue weighted by molar-refractivity contribution is 0.575. The van der Waals surface area contributed by atoms with Crippen molar-refractivity contribution in [3.8, 4) is 0 Å². The first-order valence-corrected chi connectivity index (χ1v) is 7.32. The summed E-state index contributed by atoms with van der Waals surface area (Å²) in [5.41, 5.74) is 2.03. The fourth-order valence-electron chi connectivity index (χ4n) is 2.25. The zero-order valence-corrected chi connectivity index (χ0v) is 12.4. The molecule has 0 aliphatic carbocycles. The van der Waals surface area contributed by atoms with Gasteiger partial charge in [0.25, 0.3) is 0 Å². The Morgan fingerprint density at radius 3 is 2.33 bits per heavy atom. The highest BCUT2D eigenvalue weighted by Gasteiger charge is 2.58. The van der Waals surface area contributed by atoms with Gasteiger partial charge in [0, 0.05) is 6.54 Å². The first-order chi connectivity index (χ1) is 8.30. The highest BCUT2D eigenvalue weighted by molar-refractivity contribution is 7.84. The number of benzene rings is 1. The van der Waals surface area contributed by atoms with Gasteiger partial charge in [-0.05, 0) is 33.3 Å². The molecule has 1 aliphatic rings. The zero-order chi connectivity index (χ0) is 13.6. The lowest BCUT2D eigenvalue weighted by Crippen LogP contribution is -2.31. The summed E-state index contributed by atoms with van der Waals surface area (Å²) in [5.74, 6) is 0. The van der Waals surface area contributed by atoms with E-state index in [0.29, 0.717) is 0 Å². The molecule has 98 valence electrons. The van der Waals surface area contributed by atoms with Gasteiger partial charge in [0.1, 0.15) is 11.0 Å². The van der Waals surface area contributed by atoms with Gasteiger partial charge in [-0.1, -0.05) is 42.5 Å². The number of hydrogen-bond donors (Lipinski definition) is 0. The van der Waals surface area contributed by atoms with Gasteiger partial charge in [0.15, 0.2) is 0 Å². The predicted molar refractivity (Wildman–Crippen MR) is 77.5 cm³/mol. The van der Waals surface area contributed by atoms with Crippen LogP contribution in [0.4, 0.5) is 0 Å². The molecule has 3 atom stereocenters. The van der Waals surface area contributed by atoms with Gasteiger partial charge in [0.2, 0.25) is 0 Å². The molecule has 3 heteroatoms. The maximum Gasteiger partial charge on any atom is 0.101 e. The summed E-state index contributed by atoms with van der Waals surface area (Å²) in [6.45, 7) is 13.0. The van der Waals surface area contributed by atoms with E-state index in [0.717, 1.165) is 12.1 Å². The third kappa shape index (κ3) is 2.06. The van der Waals surface area contributed by atoms with Gasteiger partial charge in [-0.3, -0.25) is 0 Å². The maximum absolute atomic E-state index is 12.5. The minimum absolute atomic E-state index is 0.223. The summed E-state index contributed by atoms with van der Waals surface area (Å²) in [4.78, 5) is 0. The van der Waals surface area contributed by atoms with E-state index < -0.39 is 11.0 Å². The zero-order valence-electron chi connectivity index (χ0n) is 11.6. The Morgan fingerprint density at radius 2 is 1.89 bits per heavy atom. The molecule has 1 fully saturated rings. The molecule has 0 saturated carbocycles. The molecule has 0 N–H and O–H groups in total. The Balaban J connectivity index is 2.36. The summed E-state index contributed by atoms with van der Waals surface area (Å²) in [5, 5.41) is 0. The van der Waals surface area contributed by atoms with Gasteiger partial charge in [-0.25, -0.2) is 8.51 Å². The molecular formula is C15H21NOS. The molecular weight excluding hydrogens is 242 g/mol. The van der Waals surface area contributed by atoms with Crippen molar-refractivity contribution in [2.75, 3.05) is 6.54 Å². The third-order valence-corrected chi connectivity index (χ3v) is 5.26. The van der Waals surface area contributed by atoms with Gasteiger partial charge < -0.3 is 0 Å². The van der Waals surface area contributed by atoms with Crippen molar-refractivity contribution in [3.05, 3.63) is 48.0 Å². The molecule has 1 saturated heterocycles. The van der Waals surface area contributed by atoms with E-state index in [1.165, 1.54) is 5.56 Å². The lowest BCUT2D eigenvalue weighted by Gasteiger charge is -2.24. The number of nitrogens with zero attached hydrogens (tertiary/aromatic N) is 1. The maximum atomic E-state index is 12.5. The molecule has 0 radical (unpaired) electrons. The number of rotatable bonds is 3. The van der Waals surface area contributed by atoms with E-state index in [-0.39, 0.29) is 10.3 Å². The van der Waals surface area contributed by atoms with Crippen LogP contribution in [-0.2, 0) is 16.5 Å². The Hall–Kier alpha value is -0.930. The highest BCUT2D eigenvalue weighted by atomic mass is 32.2. The van der Waals surface area contributed by atoms with E-state index in [9.17, 15) is 4.21 Å². The Morgan fingerprint density at radius 1 is 1.33 bits per heavy atom. The van der Waals surface area contributed by atoms with Crippen molar-refractivity contribution in [2.24, 2.45) is 0 Å². The van der Waals surface area contributed by atoms with Gasteiger partial charge in [-0.2, -0.15) is 0 Å². The largest absolute Gasteiger partial charge is 0.242 e. The van der Waals surface area contributed by atoms with Crippen molar-refractivity contribution in [1.29, 1.82) is 0 Å². The molecule has 0 bridgehead atoms. The minimum Gasteiger partial charge on any atom is -0.242 e. The summed E-state index contributed by atoms with van der Waals surface area (Å²) in [6, 6.07) is 10.2. The molecule has 0 spiro atoms. The average molecular weight is 263 g/mol. The fraction of sp³-hybridized carbons (Fsp3) is 0.467. The summed E-state index contributed by atoms with van der Waals surface area (Å²) >= 11 is 0. The quantitative estimate of drug-likeness (QED) is 0.605. The first-order valence-electron chi connectivity index (χ1n) is 6.21. The molecule has 1 heterocycles. The van der Waals surface area contributed by atoms with Crippen LogP contribution in [0.1, 0.15) is 33.3 Å². The smallest absolute Gasteiger partial charge is 0.101 e. The highest BCUT2D eigenvalue weighted by Crippen LogP contribution is 2.50. The van der Waals surface area contributed by atoms with Crippen molar-refractivity contribution >= 4 is 11.0 Å². The summed E-state index contributed by atoms with van der Waals surface area (Å²) < 4.78 is 14.3. The van der Waals surface area contributed by atoms with Crippen LogP contribution in [0.15, 0.2) is 42.5 Å². The van der Waals surface area contributed by atoms with Crippen molar-refractivity contribution in [1.82, 2.24) is 4.31 Å². The Labute approximate surface area is 112 Å². The summed E-state index contributed by atoms with van der Waals surface area (Å²) in [6.07, 6.45) is 0. The van der Waals surface area contributed by atoms with Crippen molar-refractivity contribution in [2.45, 2.75) is 38.0 Å². The molecule has 0 aromatic heterocycles. The van der Waals surface area contributed by atoms with Crippen LogP contribution in [0.3, 0.4) is 0 Å². The predicted octanol–water partition coefficient (Wildman–Crippen LogP) is 3.24. The molecule has 18 heavy (non-hydrogen) atoms. The van der Waals surface area contributed by atoms with E-state index in [2.05, 4.69) is 18.7 Å². The Kier molecular flexibility index (Phi) is 3.24. The molecule has 1 aromatic rings. The molecule has 1 unspecified atom stereocenters. The first kappa shape index (κ1) is 13.5. The average Bonchev–Trinajstić information content (AvgIpc) is 3.04. The second-order valence-electron chi connectivity index (χ2n) is 5.90. The van der Waals surface area contributed by atoms with Crippen LogP contribution >= 0.6 is 0 Å². The van der Waals surface area contributed by atoms with E-state index >= 15 is 0 Å². The van der Waals surface area contributed by atoms with Crippen LogP contribution in [0.25, 0.3) is 0 Å². The third-order valence-electron chi connectivity index (χ3n) is 3.38. The molecule has 1 aliphatic heterocycles. The van der Waals surface area contributed by atoms with E-state index in [1.54, 1.807) is 0 Å². The fourth-order valence-corrected chi connectivity index (χ4v) is 3.76. The van der Waals surface area contributed by atoms with Gasteiger partial charge >= 0.3 is 0 Å². The van der Waals surface area contributed by atoms with Crippen molar-refractivity contribution < 1.29 is 4.21 Å². The van der Waals surface area contributed by atoms with E-state index in [4.69, 9.17) is 0 Å². The molecule has 0 amide bonds. The van der Waals surface area contributed by atoms with E-state index in [1.807, 2.05) is 50.2 Å². The van der Waals surface area contributed by atoms with Crippen LogP contribution in [0, 0.1) is 0 Å². The summed E-state index contributed by atoms with van der Waals surface area (Å²) in [7, 11) is -0.996. The normalized spacial score (nSPS) is 28.8. The monoisotopic (exact) mass is 263 g/mol. The topological polar surface area (TPSA) is 20.1 Å². The lowest BCUT2D eigenvalue weighted by atomic mass is 9.93. The van der Waals surface area contributed by atoms with Crippen LogP contribution < -0.4 is 0 Å². The second-order valence-corrected chi connectivity index (χ2v) is 8.07. The van der Waals surface area contributed by atoms with Gasteiger partial charge in [0.05, 0.1) is 10.3 Å². The molecule has 1 aromatic carbocycles. The standard InChI is InChI=1S/C15H21NOS/c1-12(2)15(13-9-7-6-8-10-13)11-16(15)18(17)14(3,4)5/h6-10H,1,11H2,2-5H3/t15-,16?,18+/m0/s1. The van der Waals surface area contributed by atoms with Crippen LogP contribution in [0.2, 0.25) is 0 Å².